The lowest BCUT2D eigenvalue weighted by atomic mass is 10.1. The van der Waals surface area contributed by atoms with Crippen LogP contribution in [-0.4, -0.2) is 12.6 Å². The maximum atomic E-state index is 11.3. The number of carbonyl (C=O) groups excluding carboxylic acids is 1. The van der Waals surface area contributed by atoms with Crippen LogP contribution in [-0.2, 0) is 22.4 Å². The van der Waals surface area contributed by atoms with E-state index in [0.29, 0.717) is 6.61 Å². The number of hydrogen-bond donors (Lipinski definition) is 0. The van der Waals surface area contributed by atoms with Crippen molar-refractivity contribution in [2.45, 2.75) is 19.8 Å². The second-order valence-corrected chi connectivity index (χ2v) is 3.68. The highest BCUT2D eigenvalue weighted by atomic mass is 16.5. The van der Waals surface area contributed by atoms with E-state index in [1.54, 1.807) is 6.08 Å². The number of rotatable bonds is 2. The zero-order chi connectivity index (χ0) is 10.7. The van der Waals surface area contributed by atoms with Gasteiger partial charge in [-0.3, -0.25) is 0 Å². The van der Waals surface area contributed by atoms with Crippen LogP contribution in [0.2, 0.25) is 0 Å². The van der Waals surface area contributed by atoms with Crippen LogP contribution in [0.4, 0.5) is 0 Å². The molecule has 2 nitrogen and oxygen atoms in total. The van der Waals surface area contributed by atoms with Crippen LogP contribution in [0.1, 0.15) is 18.1 Å². The normalized spacial score (nSPS) is 13.5. The average molecular weight is 202 g/mol. The van der Waals surface area contributed by atoms with Crippen LogP contribution >= 0.6 is 0 Å². The summed E-state index contributed by atoms with van der Waals surface area (Å²) in [6.07, 6.45) is 3.40. The summed E-state index contributed by atoms with van der Waals surface area (Å²) in [5.74, 6) is -0.222. The van der Waals surface area contributed by atoms with Crippen molar-refractivity contribution in [1.82, 2.24) is 0 Å². The first-order chi connectivity index (χ1) is 7.29. The van der Waals surface area contributed by atoms with Gasteiger partial charge in [0.2, 0.25) is 0 Å². The Balaban J connectivity index is 2.10. The van der Waals surface area contributed by atoms with Gasteiger partial charge in [-0.05, 0) is 30.9 Å². The van der Waals surface area contributed by atoms with E-state index in [4.69, 9.17) is 4.74 Å². The van der Waals surface area contributed by atoms with Gasteiger partial charge >= 0.3 is 5.97 Å². The standard InChI is InChI=1S/C13H14O2/c1-2-15-13(14)9-10-7-11-5-3-4-6-12(11)8-10/h3-6,9H,2,7-8H2,1H3. The highest BCUT2D eigenvalue weighted by Crippen LogP contribution is 2.25. The summed E-state index contributed by atoms with van der Waals surface area (Å²) in [6.45, 7) is 2.26. The number of ether oxygens (including phenoxy) is 1. The zero-order valence-electron chi connectivity index (χ0n) is 8.82. The highest BCUT2D eigenvalue weighted by molar-refractivity contribution is 5.83. The molecule has 0 atom stereocenters. The third-order valence-electron chi connectivity index (χ3n) is 2.56. The van der Waals surface area contributed by atoms with Crippen LogP contribution in [0.25, 0.3) is 0 Å². The minimum atomic E-state index is -0.222. The molecule has 0 fully saturated rings. The van der Waals surface area contributed by atoms with Crippen molar-refractivity contribution < 1.29 is 9.53 Å². The van der Waals surface area contributed by atoms with Crippen molar-refractivity contribution in [2.75, 3.05) is 6.61 Å². The molecule has 0 bridgehead atoms. The predicted octanol–water partition coefficient (Wildman–Crippen LogP) is 2.27. The zero-order valence-corrected chi connectivity index (χ0v) is 8.82. The van der Waals surface area contributed by atoms with Crippen LogP contribution < -0.4 is 0 Å². The Labute approximate surface area is 89.6 Å². The average Bonchev–Trinajstić information content (AvgIpc) is 2.59. The molecule has 1 aromatic rings. The van der Waals surface area contributed by atoms with Gasteiger partial charge in [-0.15, -0.1) is 0 Å². The van der Waals surface area contributed by atoms with Gasteiger partial charge in [0.15, 0.2) is 0 Å². The molecule has 0 saturated carbocycles. The molecule has 1 aliphatic rings. The minimum Gasteiger partial charge on any atom is -0.463 e. The Morgan fingerprint density at radius 3 is 2.47 bits per heavy atom. The number of benzene rings is 1. The number of carbonyl (C=O) groups is 1. The summed E-state index contributed by atoms with van der Waals surface area (Å²) >= 11 is 0. The second-order valence-electron chi connectivity index (χ2n) is 3.68. The van der Waals surface area contributed by atoms with Gasteiger partial charge in [-0.2, -0.15) is 0 Å². The lowest BCUT2D eigenvalue weighted by Crippen LogP contribution is -2.01. The van der Waals surface area contributed by atoms with E-state index < -0.39 is 0 Å². The van der Waals surface area contributed by atoms with E-state index in [0.717, 1.165) is 18.4 Å². The molecule has 0 amide bonds. The van der Waals surface area contributed by atoms with E-state index in [1.807, 2.05) is 19.1 Å². The Kier molecular flexibility index (Phi) is 2.86. The molecule has 0 radical (unpaired) electrons. The van der Waals surface area contributed by atoms with Gasteiger partial charge < -0.3 is 4.74 Å². The molecule has 0 spiro atoms. The van der Waals surface area contributed by atoms with E-state index in [9.17, 15) is 4.79 Å². The molecule has 78 valence electrons. The first kappa shape index (κ1) is 9.97. The molecule has 0 aromatic heterocycles. The van der Waals surface area contributed by atoms with Crippen LogP contribution in [0.15, 0.2) is 35.9 Å². The smallest absolute Gasteiger partial charge is 0.330 e. The monoisotopic (exact) mass is 202 g/mol. The molecule has 15 heavy (non-hydrogen) atoms. The molecule has 2 heteroatoms. The van der Waals surface area contributed by atoms with Crippen molar-refractivity contribution in [3.8, 4) is 0 Å². The van der Waals surface area contributed by atoms with Crippen LogP contribution in [0.5, 0.6) is 0 Å². The first-order valence-electron chi connectivity index (χ1n) is 5.22. The topological polar surface area (TPSA) is 26.3 Å². The lowest BCUT2D eigenvalue weighted by Gasteiger charge is -1.97. The van der Waals surface area contributed by atoms with Crippen LogP contribution in [0.3, 0.4) is 0 Å². The molecule has 1 aromatic carbocycles. The minimum absolute atomic E-state index is 0.222. The molecule has 2 rings (SSSR count). The van der Waals surface area contributed by atoms with Crippen molar-refractivity contribution in [1.29, 1.82) is 0 Å². The summed E-state index contributed by atoms with van der Waals surface area (Å²) in [4.78, 5) is 11.3. The molecule has 0 N–H and O–H groups in total. The Morgan fingerprint density at radius 1 is 1.33 bits per heavy atom. The molecular formula is C13H14O2. The van der Waals surface area contributed by atoms with Crippen molar-refractivity contribution in [3.05, 3.63) is 47.0 Å². The molecule has 0 aliphatic heterocycles. The maximum Gasteiger partial charge on any atom is 0.330 e. The van der Waals surface area contributed by atoms with E-state index in [2.05, 4.69) is 12.1 Å². The molecule has 0 saturated heterocycles. The third kappa shape index (κ3) is 2.27. The summed E-state index contributed by atoms with van der Waals surface area (Å²) in [5, 5.41) is 0. The summed E-state index contributed by atoms with van der Waals surface area (Å²) in [7, 11) is 0. The molecule has 0 heterocycles. The van der Waals surface area contributed by atoms with Crippen LogP contribution in [0, 0.1) is 0 Å². The van der Waals surface area contributed by atoms with Gasteiger partial charge in [-0.25, -0.2) is 4.79 Å². The summed E-state index contributed by atoms with van der Waals surface area (Å²) in [5.41, 5.74) is 3.80. The Morgan fingerprint density at radius 2 is 1.93 bits per heavy atom. The number of esters is 1. The fraction of sp³-hybridized carbons (Fsp3) is 0.308. The predicted molar refractivity (Wildman–Crippen MR) is 58.6 cm³/mol. The van der Waals surface area contributed by atoms with Crippen molar-refractivity contribution in [2.24, 2.45) is 0 Å². The Bertz CT molecular complexity index is 378. The highest BCUT2D eigenvalue weighted by Gasteiger charge is 2.15. The fourth-order valence-electron chi connectivity index (χ4n) is 1.91. The third-order valence-corrected chi connectivity index (χ3v) is 2.56. The van der Waals surface area contributed by atoms with Gasteiger partial charge in [0.1, 0.15) is 0 Å². The molecule has 1 aliphatic carbocycles. The van der Waals surface area contributed by atoms with E-state index in [-0.39, 0.29) is 5.97 Å². The second kappa shape index (κ2) is 4.30. The number of fused-ring (bicyclic) bond motifs is 1. The van der Waals surface area contributed by atoms with Crippen molar-refractivity contribution in [3.63, 3.8) is 0 Å². The molecular weight excluding hydrogens is 188 g/mol. The largest absolute Gasteiger partial charge is 0.463 e. The number of hydrogen-bond acceptors (Lipinski definition) is 2. The van der Waals surface area contributed by atoms with Gasteiger partial charge in [0.05, 0.1) is 6.61 Å². The van der Waals surface area contributed by atoms with E-state index >= 15 is 0 Å². The SMILES string of the molecule is CCOC(=O)C=C1Cc2ccccc2C1. The quantitative estimate of drug-likeness (QED) is 0.543. The van der Waals surface area contributed by atoms with Crippen molar-refractivity contribution >= 4 is 5.97 Å². The van der Waals surface area contributed by atoms with Gasteiger partial charge in [-0.1, -0.05) is 29.8 Å². The van der Waals surface area contributed by atoms with Gasteiger partial charge in [0.25, 0.3) is 0 Å². The Hall–Kier alpha value is -1.57. The maximum absolute atomic E-state index is 11.3. The molecule has 0 unspecified atom stereocenters. The summed E-state index contributed by atoms with van der Waals surface area (Å²) < 4.78 is 4.89. The van der Waals surface area contributed by atoms with Gasteiger partial charge in [0, 0.05) is 6.08 Å². The number of allylic oxidation sites excluding steroid dienone is 1. The van der Waals surface area contributed by atoms with E-state index in [1.165, 1.54) is 11.1 Å². The lowest BCUT2D eigenvalue weighted by molar-refractivity contribution is -0.137. The fourth-order valence-corrected chi connectivity index (χ4v) is 1.91. The first-order valence-corrected chi connectivity index (χ1v) is 5.22. The summed E-state index contributed by atoms with van der Waals surface area (Å²) in [6, 6.07) is 8.29.